The third-order valence-corrected chi connectivity index (χ3v) is 3.68. The molecule has 2 atom stereocenters. The SMILES string of the molecule is Cc1cccc(N2[C@H](C)CNC[C@H]2C)c1C. The molecule has 0 unspecified atom stereocenters. The van der Waals surface area contributed by atoms with E-state index in [4.69, 9.17) is 0 Å². The first kappa shape index (κ1) is 11.5. The van der Waals surface area contributed by atoms with Crippen LogP contribution in [0, 0.1) is 13.8 Å². The zero-order valence-corrected chi connectivity index (χ0v) is 10.7. The average molecular weight is 218 g/mol. The summed E-state index contributed by atoms with van der Waals surface area (Å²) in [5.41, 5.74) is 4.21. The number of hydrogen-bond acceptors (Lipinski definition) is 2. The number of rotatable bonds is 1. The first-order valence-corrected chi connectivity index (χ1v) is 6.16. The molecule has 1 aromatic rings. The van der Waals surface area contributed by atoms with Crippen LogP contribution < -0.4 is 10.2 Å². The molecule has 0 radical (unpaired) electrons. The van der Waals surface area contributed by atoms with E-state index >= 15 is 0 Å². The van der Waals surface area contributed by atoms with Gasteiger partial charge in [0.15, 0.2) is 0 Å². The van der Waals surface area contributed by atoms with Gasteiger partial charge in [0.1, 0.15) is 0 Å². The van der Waals surface area contributed by atoms with E-state index in [9.17, 15) is 0 Å². The summed E-state index contributed by atoms with van der Waals surface area (Å²) in [7, 11) is 0. The van der Waals surface area contributed by atoms with Gasteiger partial charge in [-0.3, -0.25) is 0 Å². The van der Waals surface area contributed by atoms with Crippen molar-refractivity contribution in [3.05, 3.63) is 29.3 Å². The van der Waals surface area contributed by atoms with Crippen molar-refractivity contribution >= 4 is 5.69 Å². The van der Waals surface area contributed by atoms with Crippen LogP contribution in [-0.2, 0) is 0 Å². The number of benzene rings is 1. The van der Waals surface area contributed by atoms with Crippen LogP contribution in [0.2, 0.25) is 0 Å². The lowest BCUT2D eigenvalue weighted by molar-refractivity contribution is 0.431. The van der Waals surface area contributed by atoms with Gasteiger partial charge in [0.2, 0.25) is 0 Å². The first-order valence-electron chi connectivity index (χ1n) is 6.16. The van der Waals surface area contributed by atoms with E-state index in [1.165, 1.54) is 16.8 Å². The summed E-state index contributed by atoms with van der Waals surface area (Å²) in [6.07, 6.45) is 0. The second-order valence-electron chi connectivity index (χ2n) is 4.98. The predicted octanol–water partition coefficient (Wildman–Crippen LogP) is 2.49. The molecule has 1 aromatic carbocycles. The monoisotopic (exact) mass is 218 g/mol. The lowest BCUT2D eigenvalue weighted by atomic mass is 10.0. The average Bonchev–Trinajstić information content (AvgIpc) is 2.24. The highest BCUT2D eigenvalue weighted by Gasteiger charge is 2.25. The van der Waals surface area contributed by atoms with Gasteiger partial charge >= 0.3 is 0 Å². The van der Waals surface area contributed by atoms with Crippen molar-refractivity contribution in [2.24, 2.45) is 0 Å². The summed E-state index contributed by atoms with van der Waals surface area (Å²) in [6.45, 7) is 11.2. The molecule has 0 aliphatic carbocycles. The van der Waals surface area contributed by atoms with Crippen LogP contribution in [-0.4, -0.2) is 25.2 Å². The molecule has 1 aliphatic heterocycles. The Morgan fingerprint density at radius 1 is 1.12 bits per heavy atom. The van der Waals surface area contributed by atoms with Crippen molar-refractivity contribution in [3.8, 4) is 0 Å². The molecule has 1 aliphatic rings. The zero-order chi connectivity index (χ0) is 11.7. The van der Waals surface area contributed by atoms with Crippen LogP contribution in [0.15, 0.2) is 18.2 Å². The molecule has 1 fully saturated rings. The Kier molecular flexibility index (Phi) is 3.20. The van der Waals surface area contributed by atoms with Crippen LogP contribution in [0.3, 0.4) is 0 Å². The molecule has 0 spiro atoms. The first-order chi connectivity index (χ1) is 7.61. The second kappa shape index (κ2) is 4.46. The number of nitrogens with zero attached hydrogens (tertiary/aromatic N) is 1. The summed E-state index contributed by atoms with van der Waals surface area (Å²) in [5.74, 6) is 0. The molecule has 1 heterocycles. The van der Waals surface area contributed by atoms with E-state index in [1.807, 2.05) is 0 Å². The Bertz CT molecular complexity index is 363. The molecular formula is C14H22N2. The third kappa shape index (κ3) is 1.94. The topological polar surface area (TPSA) is 15.3 Å². The fourth-order valence-electron chi connectivity index (χ4n) is 2.62. The molecule has 88 valence electrons. The standard InChI is InChI=1S/C14H22N2/c1-10-6-5-7-14(13(10)4)16-11(2)8-15-9-12(16)3/h5-7,11-12,15H,8-9H2,1-4H3/t11-,12-/m1/s1. The summed E-state index contributed by atoms with van der Waals surface area (Å²) in [6, 6.07) is 7.75. The Labute approximate surface area is 98.7 Å². The molecule has 0 amide bonds. The highest BCUT2D eigenvalue weighted by Crippen LogP contribution is 2.27. The van der Waals surface area contributed by atoms with E-state index in [-0.39, 0.29) is 0 Å². The minimum atomic E-state index is 0.573. The Morgan fingerprint density at radius 2 is 1.75 bits per heavy atom. The summed E-state index contributed by atoms with van der Waals surface area (Å²) in [4.78, 5) is 2.55. The van der Waals surface area contributed by atoms with Crippen LogP contribution in [0.1, 0.15) is 25.0 Å². The normalized spacial score (nSPS) is 25.9. The van der Waals surface area contributed by atoms with Crippen molar-refractivity contribution in [2.45, 2.75) is 39.8 Å². The smallest absolute Gasteiger partial charge is 0.0404 e. The minimum absolute atomic E-state index is 0.573. The third-order valence-electron chi connectivity index (χ3n) is 3.68. The quantitative estimate of drug-likeness (QED) is 0.779. The van der Waals surface area contributed by atoms with Crippen molar-refractivity contribution < 1.29 is 0 Å². The van der Waals surface area contributed by atoms with Gasteiger partial charge in [-0.1, -0.05) is 12.1 Å². The van der Waals surface area contributed by atoms with Gasteiger partial charge in [0, 0.05) is 30.9 Å². The van der Waals surface area contributed by atoms with E-state index in [0.29, 0.717) is 12.1 Å². The van der Waals surface area contributed by atoms with Crippen molar-refractivity contribution in [1.82, 2.24) is 5.32 Å². The predicted molar refractivity (Wildman–Crippen MR) is 70.2 cm³/mol. The maximum atomic E-state index is 3.48. The van der Waals surface area contributed by atoms with Crippen LogP contribution in [0.4, 0.5) is 5.69 Å². The van der Waals surface area contributed by atoms with Crippen LogP contribution in [0.5, 0.6) is 0 Å². The van der Waals surface area contributed by atoms with Gasteiger partial charge in [-0.2, -0.15) is 0 Å². The number of nitrogens with one attached hydrogen (secondary N) is 1. The molecule has 0 saturated carbocycles. The number of hydrogen-bond donors (Lipinski definition) is 1. The molecule has 2 heteroatoms. The highest BCUT2D eigenvalue weighted by atomic mass is 15.2. The van der Waals surface area contributed by atoms with Crippen LogP contribution >= 0.6 is 0 Å². The van der Waals surface area contributed by atoms with Crippen molar-refractivity contribution in [1.29, 1.82) is 0 Å². The molecule has 0 aromatic heterocycles. The van der Waals surface area contributed by atoms with E-state index in [1.54, 1.807) is 0 Å². The molecule has 1 saturated heterocycles. The molecule has 16 heavy (non-hydrogen) atoms. The Balaban J connectivity index is 2.38. The van der Waals surface area contributed by atoms with Gasteiger partial charge < -0.3 is 10.2 Å². The lowest BCUT2D eigenvalue weighted by Gasteiger charge is -2.42. The number of piperazine rings is 1. The molecule has 2 rings (SSSR count). The van der Waals surface area contributed by atoms with Crippen LogP contribution in [0.25, 0.3) is 0 Å². The maximum absolute atomic E-state index is 3.48. The second-order valence-corrected chi connectivity index (χ2v) is 4.98. The summed E-state index contributed by atoms with van der Waals surface area (Å²) < 4.78 is 0. The maximum Gasteiger partial charge on any atom is 0.0404 e. The van der Waals surface area contributed by atoms with Gasteiger partial charge in [-0.15, -0.1) is 0 Å². The molecular weight excluding hydrogens is 196 g/mol. The Morgan fingerprint density at radius 3 is 2.38 bits per heavy atom. The number of anilines is 1. The van der Waals surface area contributed by atoms with Crippen molar-refractivity contribution in [2.75, 3.05) is 18.0 Å². The fraction of sp³-hybridized carbons (Fsp3) is 0.571. The number of aryl methyl sites for hydroxylation is 1. The summed E-state index contributed by atoms with van der Waals surface area (Å²) in [5, 5.41) is 3.48. The molecule has 1 N–H and O–H groups in total. The highest BCUT2D eigenvalue weighted by molar-refractivity contribution is 5.57. The van der Waals surface area contributed by atoms with Crippen molar-refractivity contribution in [3.63, 3.8) is 0 Å². The van der Waals surface area contributed by atoms with E-state index in [2.05, 4.69) is 56.1 Å². The van der Waals surface area contributed by atoms with Gasteiger partial charge in [0.05, 0.1) is 0 Å². The van der Waals surface area contributed by atoms with Gasteiger partial charge in [0.25, 0.3) is 0 Å². The Hall–Kier alpha value is -1.02. The zero-order valence-electron chi connectivity index (χ0n) is 10.7. The molecule has 0 bridgehead atoms. The van der Waals surface area contributed by atoms with Gasteiger partial charge in [-0.25, -0.2) is 0 Å². The van der Waals surface area contributed by atoms with E-state index < -0.39 is 0 Å². The molecule has 2 nitrogen and oxygen atoms in total. The fourth-order valence-corrected chi connectivity index (χ4v) is 2.62. The summed E-state index contributed by atoms with van der Waals surface area (Å²) >= 11 is 0. The lowest BCUT2D eigenvalue weighted by Crippen LogP contribution is -2.55. The van der Waals surface area contributed by atoms with E-state index in [0.717, 1.165) is 13.1 Å². The van der Waals surface area contributed by atoms with Gasteiger partial charge in [-0.05, 0) is 44.9 Å². The largest absolute Gasteiger partial charge is 0.363 e. The minimum Gasteiger partial charge on any atom is -0.363 e.